The summed E-state index contributed by atoms with van der Waals surface area (Å²) in [6.45, 7) is 0.807. The lowest BCUT2D eigenvalue weighted by atomic mass is 10.1. The monoisotopic (exact) mass is 246 g/mol. The number of aliphatic hydroxyl groups is 1. The molecule has 0 aliphatic rings. The zero-order valence-corrected chi connectivity index (χ0v) is 11.1. The first kappa shape index (κ1) is 12.9. The molecule has 2 rings (SSSR count). The standard InChI is InChI=1S/C15H20NO2/c1-16(2,3)11-13-9-10-14(18-13)15(17)12-7-5-4-6-8-12/h4-10,15,17H,11H2,1-3H3/q+1. The van der Waals surface area contributed by atoms with E-state index in [1.54, 1.807) is 0 Å². The first-order valence-corrected chi connectivity index (χ1v) is 6.08. The van der Waals surface area contributed by atoms with Crippen molar-refractivity contribution in [3.63, 3.8) is 0 Å². The predicted molar refractivity (Wildman–Crippen MR) is 70.9 cm³/mol. The third kappa shape index (κ3) is 3.22. The minimum Gasteiger partial charge on any atom is -0.457 e. The Kier molecular flexibility index (Phi) is 3.55. The fourth-order valence-electron chi connectivity index (χ4n) is 1.89. The normalized spacial score (nSPS) is 13.6. The Hall–Kier alpha value is -1.58. The van der Waals surface area contributed by atoms with E-state index < -0.39 is 6.10 Å². The van der Waals surface area contributed by atoms with Crippen LogP contribution in [0.3, 0.4) is 0 Å². The van der Waals surface area contributed by atoms with E-state index in [0.29, 0.717) is 5.76 Å². The average molecular weight is 246 g/mol. The average Bonchev–Trinajstić information content (AvgIpc) is 2.75. The van der Waals surface area contributed by atoms with Gasteiger partial charge in [0.05, 0.1) is 21.1 Å². The van der Waals surface area contributed by atoms with Crippen LogP contribution in [0.25, 0.3) is 0 Å². The molecule has 96 valence electrons. The van der Waals surface area contributed by atoms with Crippen LogP contribution in [0, 0.1) is 0 Å². The number of furan rings is 1. The van der Waals surface area contributed by atoms with Gasteiger partial charge in [0.1, 0.15) is 18.4 Å². The molecule has 0 saturated heterocycles. The molecule has 0 spiro atoms. The largest absolute Gasteiger partial charge is 0.457 e. The molecule has 3 heteroatoms. The zero-order chi connectivity index (χ0) is 13.2. The maximum atomic E-state index is 10.2. The summed E-state index contributed by atoms with van der Waals surface area (Å²) >= 11 is 0. The summed E-state index contributed by atoms with van der Waals surface area (Å²) in [5.74, 6) is 1.50. The zero-order valence-electron chi connectivity index (χ0n) is 11.1. The topological polar surface area (TPSA) is 33.4 Å². The lowest BCUT2D eigenvalue weighted by molar-refractivity contribution is -0.884. The number of aliphatic hydroxyl groups excluding tert-OH is 1. The van der Waals surface area contributed by atoms with Crippen LogP contribution < -0.4 is 0 Å². The third-order valence-electron chi connectivity index (χ3n) is 2.70. The van der Waals surface area contributed by atoms with Crippen LogP contribution in [-0.2, 0) is 6.54 Å². The lowest BCUT2D eigenvalue weighted by Gasteiger charge is -2.22. The van der Waals surface area contributed by atoms with Crippen molar-refractivity contribution in [2.24, 2.45) is 0 Å². The van der Waals surface area contributed by atoms with Crippen LogP contribution in [0.5, 0.6) is 0 Å². The summed E-state index contributed by atoms with van der Waals surface area (Å²) in [4.78, 5) is 0. The van der Waals surface area contributed by atoms with Gasteiger partial charge >= 0.3 is 0 Å². The number of rotatable bonds is 4. The molecule has 1 aromatic heterocycles. The highest BCUT2D eigenvalue weighted by molar-refractivity contribution is 5.24. The summed E-state index contributed by atoms with van der Waals surface area (Å²) in [6.07, 6.45) is -0.688. The summed E-state index contributed by atoms with van der Waals surface area (Å²) in [5.41, 5.74) is 0.851. The maximum Gasteiger partial charge on any atom is 0.158 e. The van der Waals surface area contributed by atoms with Crippen molar-refractivity contribution in [2.45, 2.75) is 12.6 Å². The molecule has 0 aliphatic heterocycles. The molecule has 0 fully saturated rings. The molecule has 18 heavy (non-hydrogen) atoms. The molecular weight excluding hydrogens is 226 g/mol. The molecule has 0 aliphatic carbocycles. The van der Waals surface area contributed by atoms with Gasteiger partial charge in [-0.3, -0.25) is 0 Å². The molecule has 0 bridgehead atoms. The molecule has 0 radical (unpaired) electrons. The van der Waals surface area contributed by atoms with E-state index in [2.05, 4.69) is 21.1 Å². The SMILES string of the molecule is C[N+](C)(C)Cc1ccc(C(O)c2ccccc2)o1. The van der Waals surface area contributed by atoms with Gasteiger partial charge in [0.25, 0.3) is 0 Å². The van der Waals surface area contributed by atoms with Gasteiger partial charge in [-0.15, -0.1) is 0 Å². The number of quaternary nitrogens is 1. The molecule has 1 aromatic carbocycles. The van der Waals surface area contributed by atoms with Gasteiger partial charge in [-0.05, 0) is 17.7 Å². The summed E-state index contributed by atoms with van der Waals surface area (Å²) in [6, 6.07) is 13.3. The van der Waals surface area contributed by atoms with Gasteiger partial charge in [0.2, 0.25) is 0 Å². The number of hydrogen-bond acceptors (Lipinski definition) is 2. The molecule has 3 nitrogen and oxygen atoms in total. The fourth-order valence-corrected chi connectivity index (χ4v) is 1.89. The Balaban J connectivity index is 2.15. The number of benzene rings is 1. The second-order valence-corrected chi connectivity index (χ2v) is 5.57. The molecule has 1 heterocycles. The summed E-state index contributed by atoms with van der Waals surface area (Å²) < 4.78 is 6.51. The molecule has 2 aromatic rings. The van der Waals surface area contributed by atoms with Gasteiger partial charge in [-0.1, -0.05) is 30.3 Å². The van der Waals surface area contributed by atoms with Crippen molar-refractivity contribution >= 4 is 0 Å². The first-order chi connectivity index (χ1) is 8.46. The molecular formula is C15H20NO2+. The van der Waals surface area contributed by atoms with Crippen molar-refractivity contribution in [1.29, 1.82) is 0 Å². The molecule has 0 saturated carbocycles. The molecule has 1 N–H and O–H groups in total. The Bertz CT molecular complexity index is 497. The minimum atomic E-state index is -0.688. The Morgan fingerprint density at radius 3 is 2.33 bits per heavy atom. The third-order valence-corrected chi connectivity index (χ3v) is 2.70. The molecule has 0 amide bonds. The minimum absolute atomic E-state index is 0.602. The smallest absolute Gasteiger partial charge is 0.158 e. The highest BCUT2D eigenvalue weighted by Gasteiger charge is 2.17. The summed E-state index contributed by atoms with van der Waals surface area (Å²) in [5, 5.41) is 10.2. The van der Waals surface area contributed by atoms with E-state index in [4.69, 9.17) is 4.42 Å². The fraction of sp³-hybridized carbons (Fsp3) is 0.333. The van der Waals surface area contributed by atoms with Gasteiger partial charge in [0.15, 0.2) is 5.76 Å². The number of nitrogens with zero attached hydrogens (tertiary/aromatic N) is 1. The van der Waals surface area contributed by atoms with Crippen molar-refractivity contribution in [3.8, 4) is 0 Å². The van der Waals surface area contributed by atoms with E-state index in [1.165, 1.54) is 0 Å². The van der Waals surface area contributed by atoms with E-state index in [9.17, 15) is 5.11 Å². The second-order valence-electron chi connectivity index (χ2n) is 5.57. The van der Waals surface area contributed by atoms with Crippen LogP contribution in [0.15, 0.2) is 46.9 Å². The lowest BCUT2D eigenvalue weighted by Crippen LogP contribution is -2.33. The highest BCUT2D eigenvalue weighted by Crippen LogP contribution is 2.24. The second kappa shape index (κ2) is 4.96. The van der Waals surface area contributed by atoms with Crippen LogP contribution in [-0.4, -0.2) is 30.7 Å². The first-order valence-electron chi connectivity index (χ1n) is 6.08. The van der Waals surface area contributed by atoms with E-state index in [0.717, 1.165) is 22.4 Å². The van der Waals surface area contributed by atoms with Crippen molar-refractivity contribution in [3.05, 3.63) is 59.5 Å². The Morgan fingerprint density at radius 1 is 1.06 bits per heavy atom. The van der Waals surface area contributed by atoms with Crippen molar-refractivity contribution in [2.75, 3.05) is 21.1 Å². The predicted octanol–water partition coefficient (Wildman–Crippen LogP) is 2.57. The Labute approximate surface area is 108 Å². The number of hydrogen-bond donors (Lipinski definition) is 1. The molecule has 1 atom stereocenters. The maximum absolute atomic E-state index is 10.2. The quantitative estimate of drug-likeness (QED) is 0.841. The highest BCUT2D eigenvalue weighted by atomic mass is 16.4. The van der Waals surface area contributed by atoms with Gasteiger partial charge in [0, 0.05) is 0 Å². The summed E-state index contributed by atoms with van der Waals surface area (Å²) in [7, 11) is 6.32. The Morgan fingerprint density at radius 2 is 1.72 bits per heavy atom. The van der Waals surface area contributed by atoms with E-state index in [1.807, 2.05) is 42.5 Å². The van der Waals surface area contributed by atoms with E-state index in [-0.39, 0.29) is 0 Å². The van der Waals surface area contributed by atoms with Gasteiger partial charge in [-0.2, -0.15) is 0 Å². The van der Waals surface area contributed by atoms with E-state index >= 15 is 0 Å². The van der Waals surface area contributed by atoms with Crippen LogP contribution >= 0.6 is 0 Å². The van der Waals surface area contributed by atoms with Gasteiger partial charge in [-0.25, -0.2) is 0 Å². The van der Waals surface area contributed by atoms with Crippen molar-refractivity contribution < 1.29 is 14.0 Å². The van der Waals surface area contributed by atoms with Crippen LogP contribution in [0.4, 0.5) is 0 Å². The van der Waals surface area contributed by atoms with Crippen molar-refractivity contribution in [1.82, 2.24) is 0 Å². The van der Waals surface area contributed by atoms with Crippen LogP contribution in [0.1, 0.15) is 23.2 Å². The van der Waals surface area contributed by atoms with Crippen LogP contribution in [0.2, 0.25) is 0 Å². The molecule has 1 unspecified atom stereocenters. The van der Waals surface area contributed by atoms with Gasteiger partial charge < -0.3 is 14.0 Å².